The van der Waals surface area contributed by atoms with Crippen LogP contribution in [0.3, 0.4) is 0 Å². The molecule has 8 nitrogen and oxygen atoms in total. The Bertz CT molecular complexity index is 763. The van der Waals surface area contributed by atoms with E-state index in [0.717, 1.165) is 19.5 Å². The number of anilines is 1. The highest BCUT2D eigenvalue weighted by molar-refractivity contribution is 5.96. The van der Waals surface area contributed by atoms with E-state index in [0.29, 0.717) is 49.3 Å². The van der Waals surface area contributed by atoms with Crippen molar-refractivity contribution in [2.24, 2.45) is 11.8 Å². The van der Waals surface area contributed by atoms with E-state index in [9.17, 15) is 19.7 Å². The fraction of sp³-hybridized carbons (Fsp3) is 0.600. The van der Waals surface area contributed by atoms with Crippen LogP contribution < -0.4 is 4.90 Å². The third-order valence-corrected chi connectivity index (χ3v) is 5.64. The van der Waals surface area contributed by atoms with Crippen molar-refractivity contribution in [2.75, 3.05) is 44.2 Å². The molecule has 0 aliphatic carbocycles. The molecule has 2 heterocycles. The largest absolute Gasteiger partial charge is 0.365 e. The molecular formula is C20H28N4O4. The topological polar surface area (TPSA) is 87.0 Å². The van der Waals surface area contributed by atoms with Crippen molar-refractivity contribution >= 4 is 23.2 Å². The zero-order valence-corrected chi connectivity index (χ0v) is 16.8. The summed E-state index contributed by atoms with van der Waals surface area (Å²) >= 11 is 0. The zero-order valence-electron chi connectivity index (χ0n) is 16.8. The number of nitro benzene ring substituents is 1. The van der Waals surface area contributed by atoms with Crippen molar-refractivity contribution in [2.45, 2.75) is 27.2 Å². The Morgan fingerprint density at radius 2 is 1.61 bits per heavy atom. The molecule has 2 aliphatic heterocycles. The Morgan fingerprint density at radius 3 is 2.14 bits per heavy atom. The number of hydrogen-bond donors (Lipinski definition) is 0. The molecule has 0 spiro atoms. The van der Waals surface area contributed by atoms with Crippen molar-refractivity contribution in [3.63, 3.8) is 0 Å². The molecule has 0 aromatic heterocycles. The molecular weight excluding hydrogens is 360 g/mol. The number of amides is 2. The fourth-order valence-electron chi connectivity index (χ4n) is 4.34. The van der Waals surface area contributed by atoms with Crippen molar-refractivity contribution in [1.82, 2.24) is 9.80 Å². The van der Waals surface area contributed by atoms with Gasteiger partial charge in [-0.2, -0.15) is 0 Å². The second-order valence-corrected chi connectivity index (χ2v) is 8.11. The summed E-state index contributed by atoms with van der Waals surface area (Å²) in [5.74, 6) is 0.722. The number of hydrogen-bond acceptors (Lipinski definition) is 5. The predicted octanol–water partition coefficient (Wildman–Crippen LogP) is 2.38. The minimum atomic E-state index is -0.399. The molecule has 2 amide bonds. The molecule has 152 valence electrons. The lowest BCUT2D eigenvalue weighted by molar-refractivity contribution is -0.384. The molecule has 2 unspecified atom stereocenters. The molecule has 8 heteroatoms. The van der Waals surface area contributed by atoms with E-state index in [1.165, 1.54) is 13.0 Å². The third-order valence-electron chi connectivity index (χ3n) is 5.64. The Labute approximate surface area is 165 Å². The van der Waals surface area contributed by atoms with Gasteiger partial charge in [0, 0.05) is 57.8 Å². The highest BCUT2D eigenvalue weighted by atomic mass is 16.6. The molecule has 0 bridgehead atoms. The summed E-state index contributed by atoms with van der Waals surface area (Å²) in [6.45, 7) is 9.26. The second kappa shape index (κ2) is 8.16. The first-order valence-corrected chi connectivity index (χ1v) is 9.84. The molecule has 3 rings (SSSR count). The first-order chi connectivity index (χ1) is 13.3. The number of rotatable bonds is 3. The van der Waals surface area contributed by atoms with Gasteiger partial charge in [0.15, 0.2) is 0 Å². The molecule has 2 saturated heterocycles. The summed E-state index contributed by atoms with van der Waals surface area (Å²) in [6.07, 6.45) is 1.12. The van der Waals surface area contributed by atoms with Crippen LogP contribution in [0.1, 0.15) is 37.6 Å². The van der Waals surface area contributed by atoms with Gasteiger partial charge in [-0.25, -0.2) is 0 Å². The van der Waals surface area contributed by atoms with Crippen LogP contribution in [0.5, 0.6) is 0 Å². The van der Waals surface area contributed by atoms with E-state index in [-0.39, 0.29) is 17.5 Å². The molecule has 2 fully saturated rings. The van der Waals surface area contributed by atoms with Crippen molar-refractivity contribution in [3.05, 3.63) is 33.9 Å². The molecule has 1 aromatic carbocycles. The van der Waals surface area contributed by atoms with Crippen LogP contribution in [0.4, 0.5) is 11.4 Å². The summed E-state index contributed by atoms with van der Waals surface area (Å²) in [4.78, 5) is 41.0. The van der Waals surface area contributed by atoms with E-state index in [4.69, 9.17) is 0 Å². The van der Waals surface area contributed by atoms with Crippen LogP contribution in [0.25, 0.3) is 0 Å². The third kappa shape index (κ3) is 4.26. The highest BCUT2D eigenvalue weighted by Crippen LogP contribution is 2.34. The van der Waals surface area contributed by atoms with Gasteiger partial charge in [0.05, 0.1) is 4.92 Å². The quantitative estimate of drug-likeness (QED) is 0.586. The average molecular weight is 388 g/mol. The predicted molar refractivity (Wildman–Crippen MR) is 106 cm³/mol. The maximum Gasteiger partial charge on any atom is 0.293 e. The van der Waals surface area contributed by atoms with Crippen LogP contribution in [-0.2, 0) is 4.79 Å². The van der Waals surface area contributed by atoms with Crippen LogP contribution in [0.2, 0.25) is 0 Å². The number of benzene rings is 1. The minimum Gasteiger partial charge on any atom is -0.365 e. The maximum absolute atomic E-state index is 12.8. The lowest BCUT2D eigenvalue weighted by atomic mass is 9.91. The van der Waals surface area contributed by atoms with Gasteiger partial charge in [-0.3, -0.25) is 19.7 Å². The number of carbonyl (C=O) groups excluding carboxylic acids is 2. The monoisotopic (exact) mass is 388 g/mol. The molecule has 0 N–H and O–H groups in total. The number of nitrogens with zero attached hydrogens (tertiary/aromatic N) is 4. The Hall–Kier alpha value is -2.64. The van der Waals surface area contributed by atoms with Gasteiger partial charge in [0.25, 0.3) is 11.6 Å². The van der Waals surface area contributed by atoms with Gasteiger partial charge in [-0.05, 0) is 30.4 Å². The van der Waals surface area contributed by atoms with Crippen molar-refractivity contribution in [1.29, 1.82) is 0 Å². The van der Waals surface area contributed by atoms with E-state index in [1.54, 1.807) is 21.9 Å². The Balaban J connectivity index is 1.80. The normalized spacial score (nSPS) is 22.9. The molecule has 28 heavy (non-hydrogen) atoms. The summed E-state index contributed by atoms with van der Waals surface area (Å²) in [5.41, 5.74) is 0.890. The fourth-order valence-corrected chi connectivity index (χ4v) is 4.34. The van der Waals surface area contributed by atoms with E-state index >= 15 is 0 Å². The van der Waals surface area contributed by atoms with E-state index in [2.05, 4.69) is 18.7 Å². The van der Waals surface area contributed by atoms with Gasteiger partial charge < -0.3 is 14.7 Å². The summed E-state index contributed by atoms with van der Waals surface area (Å²) < 4.78 is 0. The minimum absolute atomic E-state index is 0.00271. The molecule has 0 radical (unpaired) electrons. The lowest BCUT2D eigenvalue weighted by Crippen LogP contribution is -2.50. The van der Waals surface area contributed by atoms with E-state index in [1.807, 2.05) is 0 Å². The van der Waals surface area contributed by atoms with Gasteiger partial charge in [-0.15, -0.1) is 0 Å². The molecule has 1 aromatic rings. The lowest BCUT2D eigenvalue weighted by Gasteiger charge is -2.36. The van der Waals surface area contributed by atoms with Gasteiger partial charge in [-0.1, -0.05) is 13.8 Å². The zero-order chi connectivity index (χ0) is 20.4. The van der Waals surface area contributed by atoms with Crippen molar-refractivity contribution < 1.29 is 14.5 Å². The Morgan fingerprint density at radius 1 is 1.04 bits per heavy atom. The smallest absolute Gasteiger partial charge is 0.293 e. The maximum atomic E-state index is 12.8. The number of piperidine rings is 1. The van der Waals surface area contributed by atoms with Gasteiger partial charge in [0.1, 0.15) is 5.69 Å². The summed E-state index contributed by atoms with van der Waals surface area (Å²) in [5, 5.41) is 11.7. The van der Waals surface area contributed by atoms with E-state index < -0.39 is 4.92 Å². The summed E-state index contributed by atoms with van der Waals surface area (Å²) in [6, 6.07) is 4.80. The average Bonchev–Trinajstić information content (AvgIpc) is 2.66. The Kier molecular flexibility index (Phi) is 5.86. The number of piperazine rings is 1. The van der Waals surface area contributed by atoms with Crippen LogP contribution in [0, 0.1) is 22.0 Å². The highest BCUT2D eigenvalue weighted by Gasteiger charge is 2.29. The summed E-state index contributed by atoms with van der Waals surface area (Å²) in [7, 11) is 0. The van der Waals surface area contributed by atoms with Gasteiger partial charge in [0.2, 0.25) is 5.91 Å². The second-order valence-electron chi connectivity index (χ2n) is 8.11. The van der Waals surface area contributed by atoms with Gasteiger partial charge >= 0.3 is 0 Å². The van der Waals surface area contributed by atoms with Crippen LogP contribution >= 0.6 is 0 Å². The first kappa shape index (κ1) is 20.1. The first-order valence-electron chi connectivity index (χ1n) is 9.84. The number of carbonyl (C=O) groups is 2. The van der Waals surface area contributed by atoms with Crippen LogP contribution in [0.15, 0.2) is 18.2 Å². The van der Waals surface area contributed by atoms with Crippen LogP contribution in [-0.4, -0.2) is 65.8 Å². The molecule has 2 atom stereocenters. The molecule has 2 aliphatic rings. The molecule has 0 saturated carbocycles. The number of nitro groups is 1. The van der Waals surface area contributed by atoms with Crippen molar-refractivity contribution in [3.8, 4) is 0 Å². The SMILES string of the molecule is CC(=O)N1CCN(C(=O)c2ccc(N3CC(C)CC(C)C3)c([N+](=O)[O-])c2)CC1. The standard InChI is InChI=1S/C20H28N4O4/c1-14-10-15(2)13-23(12-14)18-5-4-17(11-19(18)24(27)28)20(26)22-8-6-21(7-9-22)16(3)25/h4-5,11,14-15H,6-10,12-13H2,1-3H3.